The van der Waals surface area contributed by atoms with E-state index >= 15 is 8.78 Å². The van der Waals surface area contributed by atoms with Crippen LogP contribution in [0.25, 0.3) is 32.9 Å². The zero-order valence-corrected chi connectivity index (χ0v) is 25.8. The van der Waals surface area contributed by atoms with Gasteiger partial charge in [-0.3, -0.25) is 4.90 Å². The Bertz CT molecular complexity index is 1850. The predicted molar refractivity (Wildman–Crippen MR) is 167 cm³/mol. The Morgan fingerprint density at radius 3 is 2.64 bits per heavy atom. The quantitative estimate of drug-likeness (QED) is 0.272. The van der Waals surface area contributed by atoms with Crippen LogP contribution < -0.4 is 9.64 Å². The summed E-state index contributed by atoms with van der Waals surface area (Å²) in [5.74, 6) is 4.74. The molecule has 11 heteroatoms. The fourth-order valence-corrected chi connectivity index (χ4v) is 6.63. The highest BCUT2D eigenvalue weighted by atomic mass is 19.1. The van der Waals surface area contributed by atoms with Gasteiger partial charge in [-0.15, -0.1) is 0 Å². The van der Waals surface area contributed by atoms with Crippen molar-refractivity contribution >= 4 is 27.5 Å². The van der Waals surface area contributed by atoms with E-state index in [0.717, 1.165) is 0 Å². The van der Waals surface area contributed by atoms with E-state index in [-0.39, 0.29) is 58.8 Å². The van der Waals surface area contributed by atoms with E-state index in [9.17, 15) is 14.6 Å². The molecule has 0 radical (unpaired) electrons. The number of aromatic nitrogens is 3. The van der Waals surface area contributed by atoms with Crippen molar-refractivity contribution in [3.05, 3.63) is 47.2 Å². The molecule has 3 atom stereocenters. The van der Waals surface area contributed by atoms with E-state index in [1.54, 1.807) is 20.8 Å². The SMILES string of the molecule is CC#Cc1nc(-c2cc(O)cc3ccc(F)c(CC)c23)c(F)c2nc(OC[C@@H]3C[C@@H](F)CN3C)nc(N3CCC[C@@](C)(O)C3)c12. The summed E-state index contributed by atoms with van der Waals surface area (Å²) in [6, 6.07) is 5.41. The number of pyridine rings is 1. The molecule has 0 aliphatic carbocycles. The lowest BCUT2D eigenvalue weighted by atomic mass is 9.93. The van der Waals surface area contributed by atoms with Crippen LogP contribution in [0.15, 0.2) is 24.3 Å². The lowest BCUT2D eigenvalue weighted by Gasteiger charge is -2.38. The molecule has 2 aromatic carbocycles. The second-order valence-corrected chi connectivity index (χ2v) is 12.3. The smallest absolute Gasteiger partial charge is 0.319 e. The molecule has 4 aromatic rings. The van der Waals surface area contributed by atoms with Crippen LogP contribution in [0.4, 0.5) is 19.0 Å². The number of aryl methyl sites for hydroxylation is 1. The third kappa shape index (κ3) is 5.85. The average molecular weight is 620 g/mol. The average Bonchev–Trinajstić information content (AvgIpc) is 3.32. The van der Waals surface area contributed by atoms with Gasteiger partial charge in [0.15, 0.2) is 5.82 Å². The molecule has 6 rings (SSSR count). The van der Waals surface area contributed by atoms with Crippen molar-refractivity contribution in [2.24, 2.45) is 0 Å². The van der Waals surface area contributed by atoms with Gasteiger partial charge in [-0.05, 0) is 87.0 Å². The summed E-state index contributed by atoms with van der Waals surface area (Å²) >= 11 is 0. The number of halogens is 3. The Balaban J connectivity index is 1.61. The van der Waals surface area contributed by atoms with E-state index in [1.807, 2.05) is 16.8 Å². The molecule has 0 amide bonds. The number of alkyl halides is 1. The highest BCUT2D eigenvalue weighted by molar-refractivity contribution is 6.03. The van der Waals surface area contributed by atoms with Crippen molar-refractivity contribution in [1.29, 1.82) is 0 Å². The molecule has 236 valence electrons. The highest BCUT2D eigenvalue weighted by Gasteiger charge is 2.34. The topological polar surface area (TPSA) is 94.8 Å². The minimum Gasteiger partial charge on any atom is -0.508 e. The minimum absolute atomic E-state index is 0.0943. The zero-order valence-electron chi connectivity index (χ0n) is 25.8. The normalized spacial score (nSPS) is 22.2. The molecule has 0 spiro atoms. The first-order valence-corrected chi connectivity index (χ1v) is 15.2. The number of rotatable bonds is 6. The van der Waals surface area contributed by atoms with E-state index in [4.69, 9.17) is 4.74 Å². The van der Waals surface area contributed by atoms with Gasteiger partial charge in [-0.25, -0.2) is 18.2 Å². The van der Waals surface area contributed by atoms with Gasteiger partial charge in [0.2, 0.25) is 0 Å². The first-order valence-electron chi connectivity index (χ1n) is 15.2. The van der Waals surface area contributed by atoms with Crippen molar-refractivity contribution in [2.75, 3.05) is 38.2 Å². The summed E-state index contributed by atoms with van der Waals surface area (Å²) in [5, 5.41) is 22.8. The molecule has 2 aromatic heterocycles. The Kier molecular flexibility index (Phi) is 8.22. The number of likely N-dealkylation sites (tertiary alicyclic amines) is 1. The number of ether oxygens (including phenoxy) is 1. The second-order valence-electron chi connectivity index (χ2n) is 12.3. The first-order chi connectivity index (χ1) is 21.5. The predicted octanol–water partition coefficient (Wildman–Crippen LogP) is 5.53. The molecule has 2 N–H and O–H groups in total. The summed E-state index contributed by atoms with van der Waals surface area (Å²) in [4.78, 5) is 17.6. The van der Waals surface area contributed by atoms with Crippen LogP contribution in [0.2, 0.25) is 0 Å². The molecule has 45 heavy (non-hydrogen) atoms. The van der Waals surface area contributed by atoms with Crippen LogP contribution in [0.3, 0.4) is 0 Å². The number of anilines is 1. The summed E-state index contributed by atoms with van der Waals surface area (Å²) in [6.45, 7) is 6.32. The van der Waals surface area contributed by atoms with E-state index in [1.165, 1.54) is 24.3 Å². The molecule has 8 nitrogen and oxygen atoms in total. The van der Waals surface area contributed by atoms with Crippen LogP contribution in [-0.2, 0) is 6.42 Å². The van der Waals surface area contributed by atoms with Crippen molar-refractivity contribution in [2.45, 2.75) is 64.3 Å². The number of β-amino-alcohol motifs (C(OH)–C–C–N with tert-alkyl or cyclic N) is 1. The van der Waals surface area contributed by atoms with Crippen LogP contribution >= 0.6 is 0 Å². The lowest BCUT2D eigenvalue weighted by molar-refractivity contribution is 0.0447. The molecular formula is C34H36F3N5O3. The third-order valence-corrected chi connectivity index (χ3v) is 8.77. The maximum absolute atomic E-state index is 16.9. The molecule has 2 saturated heterocycles. The summed E-state index contributed by atoms with van der Waals surface area (Å²) in [7, 11) is 1.82. The molecule has 4 heterocycles. The van der Waals surface area contributed by atoms with Crippen LogP contribution in [0, 0.1) is 23.5 Å². The molecule has 2 fully saturated rings. The number of phenols is 1. The van der Waals surface area contributed by atoms with E-state index in [0.29, 0.717) is 60.9 Å². The van der Waals surface area contributed by atoms with Gasteiger partial charge in [0.25, 0.3) is 0 Å². The highest BCUT2D eigenvalue weighted by Crippen LogP contribution is 2.41. The molecular weight excluding hydrogens is 583 g/mol. The molecule has 0 unspecified atom stereocenters. The van der Waals surface area contributed by atoms with Crippen LogP contribution in [0.5, 0.6) is 11.8 Å². The largest absolute Gasteiger partial charge is 0.508 e. The van der Waals surface area contributed by atoms with Gasteiger partial charge in [0.1, 0.15) is 47.1 Å². The van der Waals surface area contributed by atoms with Crippen molar-refractivity contribution in [3.63, 3.8) is 0 Å². The summed E-state index contributed by atoms with van der Waals surface area (Å²) in [5.41, 5.74) is -0.525. The van der Waals surface area contributed by atoms with Gasteiger partial charge in [0.05, 0.1) is 11.0 Å². The third-order valence-electron chi connectivity index (χ3n) is 8.77. The van der Waals surface area contributed by atoms with Gasteiger partial charge in [-0.1, -0.05) is 18.9 Å². The number of likely N-dealkylation sites (N-methyl/N-ethyl adjacent to an activating group) is 1. The Hall–Kier alpha value is -4.14. The van der Waals surface area contributed by atoms with Gasteiger partial charge < -0.3 is 19.8 Å². The minimum atomic E-state index is -1.01. The number of hydrogen-bond donors (Lipinski definition) is 2. The number of piperidine rings is 1. The summed E-state index contributed by atoms with van der Waals surface area (Å²) < 4.78 is 52.0. The monoisotopic (exact) mass is 619 g/mol. The van der Waals surface area contributed by atoms with Crippen molar-refractivity contribution in [1.82, 2.24) is 19.9 Å². The molecule has 2 aliphatic heterocycles. The standard InChI is InChI=1S/C34H36F3N5O3/c1-5-8-26-28-31(29(37)30(38-26)24-15-22(43)13-19-9-10-25(36)23(6-2)27(19)24)39-33(45-17-21-14-20(35)16-41(21)4)40-32(28)42-12-7-11-34(3,44)18-42/h9-10,13,15,20-21,43-44H,6-7,11-12,14,16-18H2,1-4H3/t20-,21+,34-/m1/s1. The van der Waals surface area contributed by atoms with Gasteiger partial charge in [0, 0.05) is 31.2 Å². The number of aromatic hydroxyl groups is 1. The number of nitrogens with zero attached hydrogens (tertiary/aromatic N) is 5. The van der Waals surface area contributed by atoms with Gasteiger partial charge >= 0.3 is 6.01 Å². The molecule has 0 bridgehead atoms. The Labute approximate surface area is 259 Å². The maximum Gasteiger partial charge on any atom is 0.319 e. The number of phenolic OH excluding ortho intramolecular Hbond substituents is 1. The fraction of sp³-hybridized carbons (Fsp3) is 0.441. The number of hydrogen-bond acceptors (Lipinski definition) is 8. The zero-order chi connectivity index (χ0) is 32.0. The second kappa shape index (κ2) is 12.0. The lowest BCUT2D eigenvalue weighted by Crippen LogP contribution is -2.46. The molecule has 0 saturated carbocycles. The van der Waals surface area contributed by atoms with E-state index in [2.05, 4.69) is 26.8 Å². The summed E-state index contributed by atoms with van der Waals surface area (Å²) in [6.07, 6.45) is 0.914. The number of fused-ring (bicyclic) bond motifs is 2. The molecule has 2 aliphatic rings. The van der Waals surface area contributed by atoms with Gasteiger partial charge in [-0.2, -0.15) is 9.97 Å². The van der Waals surface area contributed by atoms with Crippen molar-refractivity contribution in [3.8, 4) is 34.9 Å². The fourth-order valence-electron chi connectivity index (χ4n) is 6.63. The number of benzene rings is 2. The van der Waals surface area contributed by atoms with Crippen molar-refractivity contribution < 1.29 is 28.1 Å². The number of aliphatic hydroxyl groups is 1. The van der Waals surface area contributed by atoms with E-state index < -0.39 is 23.4 Å². The first kappa shape index (κ1) is 30.9. The Morgan fingerprint density at radius 2 is 1.96 bits per heavy atom. The van der Waals surface area contributed by atoms with Crippen LogP contribution in [-0.4, -0.2) is 81.2 Å². The van der Waals surface area contributed by atoms with Crippen LogP contribution in [0.1, 0.15) is 51.3 Å². The Morgan fingerprint density at radius 1 is 1.16 bits per heavy atom. The maximum atomic E-state index is 16.9.